The summed E-state index contributed by atoms with van der Waals surface area (Å²) < 4.78 is 1.16. The van der Waals surface area contributed by atoms with Crippen molar-refractivity contribution in [3.63, 3.8) is 0 Å². The van der Waals surface area contributed by atoms with Gasteiger partial charge in [0, 0.05) is 16.6 Å². The van der Waals surface area contributed by atoms with Gasteiger partial charge < -0.3 is 11.1 Å². The Kier molecular flexibility index (Phi) is 4.60. The molecule has 1 fully saturated rings. The minimum Gasteiger partial charge on any atom is -0.326 e. The summed E-state index contributed by atoms with van der Waals surface area (Å²) in [5.74, 6) is 0. The smallest absolute Gasteiger partial charge is 0.0219 e. The highest BCUT2D eigenvalue weighted by Gasteiger charge is 2.22. The molecule has 0 bridgehead atoms. The molecule has 2 nitrogen and oxygen atoms in total. The zero-order valence-electron chi connectivity index (χ0n) is 10.4. The van der Waals surface area contributed by atoms with Crippen LogP contribution in [0.15, 0.2) is 22.7 Å². The van der Waals surface area contributed by atoms with Crippen LogP contribution >= 0.6 is 15.9 Å². The van der Waals surface area contributed by atoms with E-state index in [1.54, 1.807) is 0 Å². The van der Waals surface area contributed by atoms with Crippen molar-refractivity contribution in [3.8, 4) is 0 Å². The van der Waals surface area contributed by atoms with Crippen molar-refractivity contribution >= 4 is 15.9 Å². The summed E-state index contributed by atoms with van der Waals surface area (Å²) in [6.45, 7) is 3.19. The molecule has 17 heavy (non-hydrogen) atoms. The lowest BCUT2D eigenvalue weighted by Crippen LogP contribution is -2.41. The number of hydrogen-bond donors (Lipinski definition) is 2. The average molecular weight is 297 g/mol. The molecule has 0 saturated heterocycles. The molecule has 3 heteroatoms. The molecule has 0 spiro atoms. The van der Waals surface area contributed by atoms with Crippen LogP contribution in [0.3, 0.4) is 0 Å². The second-order valence-electron chi connectivity index (χ2n) is 4.98. The van der Waals surface area contributed by atoms with Crippen molar-refractivity contribution in [1.82, 2.24) is 5.32 Å². The first-order valence-corrected chi connectivity index (χ1v) is 7.20. The van der Waals surface area contributed by atoms with Crippen LogP contribution in [0.1, 0.15) is 30.4 Å². The van der Waals surface area contributed by atoms with Gasteiger partial charge in [-0.3, -0.25) is 0 Å². The van der Waals surface area contributed by atoms with E-state index >= 15 is 0 Å². The molecule has 2 atom stereocenters. The third-order valence-electron chi connectivity index (χ3n) is 3.68. The number of nitrogens with two attached hydrogens (primary N) is 1. The van der Waals surface area contributed by atoms with Crippen LogP contribution in [-0.2, 0) is 6.42 Å². The van der Waals surface area contributed by atoms with Crippen molar-refractivity contribution in [2.24, 2.45) is 5.73 Å². The lowest BCUT2D eigenvalue weighted by atomic mass is 10.1. The monoisotopic (exact) mass is 296 g/mol. The Morgan fingerprint density at radius 2 is 2.24 bits per heavy atom. The lowest BCUT2D eigenvalue weighted by molar-refractivity contribution is 0.479. The fourth-order valence-electron chi connectivity index (χ4n) is 2.54. The third-order valence-corrected chi connectivity index (χ3v) is 4.17. The molecule has 2 rings (SSSR count). The SMILES string of the molecule is Cc1ccc(Br)cc1CCNC1CCCC1N. The fraction of sp³-hybridized carbons (Fsp3) is 0.571. The summed E-state index contributed by atoms with van der Waals surface area (Å²) in [7, 11) is 0. The Morgan fingerprint density at radius 3 is 2.94 bits per heavy atom. The van der Waals surface area contributed by atoms with Gasteiger partial charge in [0.2, 0.25) is 0 Å². The maximum atomic E-state index is 6.04. The Bertz CT molecular complexity index is 378. The molecule has 0 heterocycles. The van der Waals surface area contributed by atoms with Crippen molar-refractivity contribution in [2.45, 2.75) is 44.7 Å². The highest BCUT2D eigenvalue weighted by Crippen LogP contribution is 2.18. The van der Waals surface area contributed by atoms with Crippen LogP contribution in [-0.4, -0.2) is 18.6 Å². The maximum absolute atomic E-state index is 6.04. The minimum atomic E-state index is 0.360. The van der Waals surface area contributed by atoms with E-state index in [9.17, 15) is 0 Å². The van der Waals surface area contributed by atoms with Gasteiger partial charge >= 0.3 is 0 Å². The normalized spacial score (nSPS) is 24.2. The number of halogens is 1. The summed E-state index contributed by atoms with van der Waals surface area (Å²) in [6, 6.07) is 7.37. The first-order valence-electron chi connectivity index (χ1n) is 6.41. The summed E-state index contributed by atoms with van der Waals surface area (Å²) in [6.07, 6.45) is 4.76. The zero-order valence-corrected chi connectivity index (χ0v) is 12.0. The second kappa shape index (κ2) is 5.98. The van der Waals surface area contributed by atoms with Crippen LogP contribution in [0.5, 0.6) is 0 Å². The number of aryl methyl sites for hydroxylation is 1. The Morgan fingerprint density at radius 1 is 1.41 bits per heavy atom. The lowest BCUT2D eigenvalue weighted by Gasteiger charge is -2.17. The van der Waals surface area contributed by atoms with Crippen molar-refractivity contribution < 1.29 is 0 Å². The molecule has 1 aliphatic carbocycles. The van der Waals surface area contributed by atoms with E-state index in [2.05, 4.69) is 46.4 Å². The zero-order chi connectivity index (χ0) is 12.3. The molecule has 1 aromatic rings. The van der Waals surface area contributed by atoms with Crippen LogP contribution < -0.4 is 11.1 Å². The Hall–Kier alpha value is -0.380. The summed E-state index contributed by atoms with van der Waals surface area (Å²) in [5.41, 5.74) is 8.82. The largest absolute Gasteiger partial charge is 0.326 e. The predicted molar refractivity (Wildman–Crippen MR) is 76.2 cm³/mol. The topological polar surface area (TPSA) is 38.0 Å². The van der Waals surface area contributed by atoms with Gasteiger partial charge in [-0.05, 0) is 56.0 Å². The molecule has 1 saturated carbocycles. The molecule has 94 valence electrons. The van der Waals surface area contributed by atoms with Gasteiger partial charge in [0.05, 0.1) is 0 Å². The first kappa shape index (κ1) is 13.1. The highest BCUT2D eigenvalue weighted by molar-refractivity contribution is 9.10. The van der Waals surface area contributed by atoms with Crippen LogP contribution in [0.2, 0.25) is 0 Å². The van der Waals surface area contributed by atoms with E-state index < -0.39 is 0 Å². The highest BCUT2D eigenvalue weighted by atomic mass is 79.9. The standard InChI is InChI=1S/C14H21BrN2/c1-10-5-6-12(15)9-11(10)7-8-17-14-4-2-3-13(14)16/h5-6,9,13-14,17H,2-4,7-8,16H2,1H3. The molecule has 1 aliphatic rings. The molecule has 0 aliphatic heterocycles. The number of rotatable bonds is 4. The van der Waals surface area contributed by atoms with E-state index in [4.69, 9.17) is 5.73 Å². The van der Waals surface area contributed by atoms with Crippen LogP contribution in [0.25, 0.3) is 0 Å². The van der Waals surface area contributed by atoms with Gasteiger partial charge in [-0.25, -0.2) is 0 Å². The van der Waals surface area contributed by atoms with Gasteiger partial charge in [-0.2, -0.15) is 0 Å². The van der Waals surface area contributed by atoms with Crippen LogP contribution in [0.4, 0.5) is 0 Å². The number of benzene rings is 1. The van der Waals surface area contributed by atoms with E-state index in [1.807, 2.05) is 0 Å². The van der Waals surface area contributed by atoms with Crippen molar-refractivity contribution in [2.75, 3.05) is 6.54 Å². The number of nitrogens with one attached hydrogen (secondary N) is 1. The molecular formula is C14H21BrN2. The summed E-state index contributed by atoms with van der Waals surface area (Å²) >= 11 is 3.52. The van der Waals surface area contributed by atoms with Crippen molar-refractivity contribution in [3.05, 3.63) is 33.8 Å². The van der Waals surface area contributed by atoms with Gasteiger partial charge in [0.15, 0.2) is 0 Å². The minimum absolute atomic E-state index is 0.360. The molecular weight excluding hydrogens is 276 g/mol. The van der Waals surface area contributed by atoms with Crippen molar-refractivity contribution in [1.29, 1.82) is 0 Å². The second-order valence-corrected chi connectivity index (χ2v) is 5.89. The van der Waals surface area contributed by atoms with Gasteiger partial charge in [0.25, 0.3) is 0 Å². The third kappa shape index (κ3) is 3.54. The summed E-state index contributed by atoms with van der Waals surface area (Å²) in [4.78, 5) is 0. The molecule has 0 aromatic heterocycles. The predicted octanol–water partition coefficient (Wildman–Crippen LogP) is 2.77. The van der Waals surface area contributed by atoms with E-state index in [-0.39, 0.29) is 0 Å². The van der Waals surface area contributed by atoms with Gasteiger partial charge in [0.1, 0.15) is 0 Å². The molecule has 1 aromatic carbocycles. The first-order chi connectivity index (χ1) is 8.16. The van der Waals surface area contributed by atoms with E-state index in [1.165, 1.54) is 30.4 Å². The molecule has 3 N–H and O–H groups in total. The summed E-state index contributed by atoms with van der Waals surface area (Å²) in [5, 5.41) is 3.59. The molecule has 2 unspecified atom stereocenters. The Labute approximate surface area is 112 Å². The van der Waals surface area contributed by atoms with E-state index in [0.29, 0.717) is 12.1 Å². The molecule has 0 radical (unpaired) electrons. The van der Waals surface area contributed by atoms with Crippen LogP contribution in [0, 0.1) is 6.92 Å². The van der Waals surface area contributed by atoms with Gasteiger partial charge in [-0.15, -0.1) is 0 Å². The average Bonchev–Trinajstić information content (AvgIpc) is 2.70. The number of hydrogen-bond acceptors (Lipinski definition) is 2. The maximum Gasteiger partial charge on any atom is 0.0219 e. The Balaban J connectivity index is 1.83. The van der Waals surface area contributed by atoms with E-state index in [0.717, 1.165) is 17.4 Å². The van der Waals surface area contributed by atoms with Gasteiger partial charge in [-0.1, -0.05) is 28.4 Å². The molecule has 0 amide bonds. The fourth-order valence-corrected chi connectivity index (χ4v) is 2.95. The quantitative estimate of drug-likeness (QED) is 0.897.